The van der Waals surface area contributed by atoms with Gasteiger partial charge in [0.05, 0.1) is 22.6 Å². The van der Waals surface area contributed by atoms with E-state index < -0.39 is 5.97 Å². The summed E-state index contributed by atoms with van der Waals surface area (Å²) in [5, 5.41) is 14.1. The van der Waals surface area contributed by atoms with E-state index >= 15 is 0 Å². The van der Waals surface area contributed by atoms with Crippen molar-refractivity contribution in [2.45, 2.75) is 0 Å². The molecule has 4 nitrogen and oxygen atoms in total. The monoisotopic (exact) mass is 298 g/mol. The molecule has 1 aromatic heterocycles. The molecule has 21 heavy (non-hydrogen) atoms. The van der Waals surface area contributed by atoms with Crippen molar-refractivity contribution in [1.29, 1.82) is 0 Å². The Morgan fingerprint density at radius 1 is 1.05 bits per heavy atom. The van der Waals surface area contributed by atoms with Gasteiger partial charge in [0.2, 0.25) is 0 Å². The Morgan fingerprint density at radius 3 is 2.38 bits per heavy atom. The summed E-state index contributed by atoms with van der Waals surface area (Å²) in [4.78, 5) is 11.4. The molecule has 0 saturated heterocycles. The summed E-state index contributed by atoms with van der Waals surface area (Å²) < 4.78 is 1.56. The summed E-state index contributed by atoms with van der Waals surface area (Å²) in [6, 6.07) is 16.5. The summed E-state index contributed by atoms with van der Waals surface area (Å²) in [5.41, 5.74) is 2.06. The van der Waals surface area contributed by atoms with Crippen LogP contribution in [0.15, 0.2) is 60.8 Å². The number of aromatic carboxylic acids is 1. The average molecular weight is 299 g/mol. The quantitative estimate of drug-likeness (QED) is 0.798. The number of para-hydroxylation sites is 1. The second kappa shape index (κ2) is 5.42. The van der Waals surface area contributed by atoms with Gasteiger partial charge in [-0.25, -0.2) is 9.48 Å². The van der Waals surface area contributed by atoms with Gasteiger partial charge in [-0.1, -0.05) is 54.1 Å². The molecule has 0 radical (unpaired) electrons. The lowest BCUT2D eigenvalue weighted by Crippen LogP contribution is -2.03. The molecule has 0 bridgehead atoms. The van der Waals surface area contributed by atoms with Crippen LogP contribution in [-0.4, -0.2) is 20.9 Å². The van der Waals surface area contributed by atoms with Crippen LogP contribution in [0, 0.1) is 0 Å². The Bertz CT molecular complexity index is 797. The summed E-state index contributed by atoms with van der Waals surface area (Å²) in [5.74, 6) is -1.02. The lowest BCUT2D eigenvalue weighted by atomic mass is 10.1. The number of hydrogen-bond acceptors (Lipinski definition) is 2. The fourth-order valence-electron chi connectivity index (χ4n) is 2.18. The number of aromatic nitrogens is 2. The van der Waals surface area contributed by atoms with Crippen LogP contribution in [-0.2, 0) is 0 Å². The molecule has 3 rings (SSSR count). The maximum atomic E-state index is 11.4. The molecule has 0 fully saturated rings. The Kier molecular flexibility index (Phi) is 3.46. The molecule has 0 aliphatic rings. The normalized spacial score (nSPS) is 10.5. The van der Waals surface area contributed by atoms with Crippen LogP contribution in [0.2, 0.25) is 5.02 Å². The maximum Gasteiger partial charge on any atom is 0.339 e. The van der Waals surface area contributed by atoms with Crippen molar-refractivity contribution in [3.05, 3.63) is 71.4 Å². The second-order valence-corrected chi connectivity index (χ2v) is 4.85. The van der Waals surface area contributed by atoms with Crippen molar-refractivity contribution in [3.63, 3.8) is 0 Å². The van der Waals surface area contributed by atoms with Crippen LogP contribution < -0.4 is 0 Å². The lowest BCUT2D eigenvalue weighted by Gasteiger charge is -2.10. The first kappa shape index (κ1) is 13.4. The van der Waals surface area contributed by atoms with E-state index in [-0.39, 0.29) is 5.56 Å². The fraction of sp³-hybridized carbons (Fsp3) is 0. The van der Waals surface area contributed by atoms with Gasteiger partial charge in [0, 0.05) is 5.56 Å². The number of carboxylic acids is 1. The zero-order valence-electron chi connectivity index (χ0n) is 10.9. The number of carboxylic acid groups (broad SMARTS) is 1. The first-order valence-corrected chi connectivity index (χ1v) is 6.68. The molecular formula is C16H11ClN2O2. The van der Waals surface area contributed by atoms with Crippen molar-refractivity contribution < 1.29 is 9.90 Å². The van der Waals surface area contributed by atoms with Crippen LogP contribution in [0.1, 0.15) is 10.4 Å². The van der Waals surface area contributed by atoms with E-state index in [1.165, 1.54) is 6.20 Å². The topological polar surface area (TPSA) is 55.1 Å². The maximum absolute atomic E-state index is 11.4. The van der Waals surface area contributed by atoms with Crippen molar-refractivity contribution in [1.82, 2.24) is 9.78 Å². The van der Waals surface area contributed by atoms with Gasteiger partial charge in [0.25, 0.3) is 0 Å². The standard InChI is InChI=1S/C16H11ClN2O2/c17-13-8-4-5-9-14(13)19-15(11-6-2-1-3-7-11)12(10-18-19)16(20)21/h1-10H,(H,20,21). The highest BCUT2D eigenvalue weighted by atomic mass is 35.5. The number of nitrogens with zero attached hydrogens (tertiary/aromatic N) is 2. The van der Waals surface area contributed by atoms with Gasteiger partial charge >= 0.3 is 5.97 Å². The van der Waals surface area contributed by atoms with Crippen molar-refractivity contribution >= 4 is 17.6 Å². The van der Waals surface area contributed by atoms with E-state index in [2.05, 4.69) is 5.10 Å². The third-order valence-electron chi connectivity index (χ3n) is 3.13. The van der Waals surface area contributed by atoms with Gasteiger partial charge < -0.3 is 5.11 Å². The molecule has 0 spiro atoms. The third-order valence-corrected chi connectivity index (χ3v) is 3.45. The molecule has 1 heterocycles. The van der Waals surface area contributed by atoms with Gasteiger partial charge in [0.1, 0.15) is 5.56 Å². The van der Waals surface area contributed by atoms with E-state index in [0.29, 0.717) is 16.4 Å². The molecule has 0 aliphatic heterocycles. The van der Waals surface area contributed by atoms with Crippen molar-refractivity contribution in [2.24, 2.45) is 0 Å². The number of benzene rings is 2. The Hall–Kier alpha value is -2.59. The van der Waals surface area contributed by atoms with E-state index in [0.717, 1.165) is 5.56 Å². The number of rotatable bonds is 3. The van der Waals surface area contributed by atoms with E-state index in [1.54, 1.807) is 16.8 Å². The highest BCUT2D eigenvalue weighted by Crippen LogP contribution is 2.29. The molecule has 0 aliphatic carbocycles. The molecule has 3 aromatic rings. The summed E-state index contributed by atoms with van der Waals surface area (Å²) in [7, 11) is 0. The molecular weight excluding hydrogens is 288 g/mol. The highest BCUT2D eigenvalue weighted by molar-refractivity contribution is 6.32. The third kappa shape index (κ3) is 2.41. The summed E-state index contributed by atoms with van der Waals surface area (Å²) in [6.07, 6.45) is 1.34. The van der Waals surface area contributed by atoms with Crippen LogP contribution in [0.3, 0.4) is 0 Å². The van der Waals surface area contributed by atoms with Gasteiger partial charge in [0.15, 0.2) is 0 Å². The highest BCUT2D eigenvalue weighted by Gasteiger charge is 2.20. The van der Waals surface area contributed by atoms with Crippen molar-refractivity contribution in [3.8, 4) is 16.9 Å². The van der Waals surface area contributed by atoms with Crippen LogP contribution in [0.4, 0.5) is 0 Å². The average Bonchev–Trinajstić information content (AvgIpc) is 2.93. The molecule has 104 valence electrons. The number of hydrogen-bond donors (Lipinski definition) is 1. The van der Waals surface area contributed by atoms with Gasteiger partial charge in [-0.2, -0.15) is 5.10 Å². The smallest absolute Gasteiger partial charge is 0.339 e. The van der Waals surface area contributed by atoms with E-state index in [1.807, 2.05) is 42.5 Å². The van der Waals surface area contributed by atoms with Crippen LogP contribution in [0.25, 0.3) is 16.9 Å². The molecule has 0 atom stereocenters. The fourth-order valence-corrected chi connectivity index (χ4v) is 2.40. The predicted octanol–water partition coefficient (Wildman–Crippen LogP) is 3.89. The minimum atomic E-state index is -1.02. The van der Waals surface area contributed by atoms with Crippen LogP contribution in [0.5, 0.6) is 0 Å². The van der Waals surface area contributed by atoms with Crippen LogP contribution >= 0.6 is 11.6 Å². The summed E-state index contributed by atoms with van der Waals surface area (Å²) >= 11 is 6.20. The predicted molar refractivity (Wildman–Crippen MR) is 81.0 cm³/mol. The Balaban J connectivity index is 2.28. The van der Waals surface area contributed by atoms with E-state index in [4.69, 9.17) is 11.6 Å². The molecule has 0 saturated carbocycles. The van der Waals surface area contributed by atoms with E-state index in [9.17, 15) is 9.90 Å². The SMILES string of the molecule is O=C(O)c1cnn(-c2ccccc2Cl)c1-c1ccccc1. The number of carbonyl (C=O) groups is 1. The number of halogens is 1. The van der Waals surface area contributed by atoms with Gasteiger partial charge in [-0.15, -0.1) is 0 Å². The minimum absolute atomic E-state index is 0.140. The summed E-state index contributed by atoms with van der Waals surface area (Å²) in [6.45, 7) is 0. The second-order valence-electron chi connectivity index (χ2n) is 4.44. The zero-order valence-corrected chi connectivity index (χ0v) is 11.7. The first-order valence-electron chi connectivity index (χ1n) is 6.30. The van der Waals surface area contributed by atoms with Gasteiger partial charge in [-0.05, 0) is 12.1 Å². The first-order chi connectivity index (χ1) is 10.2. The minimum Gasteiger partial charge on any atom is -0.478 e. The largest absolute Gasteiger partial charge is 0.478 e. The molecule has 2 aromatic carbocycles. The molecule has 1 N–H and O–H groups in total. The Morgan fingerprint density at radius 2 is 1.71 bits per heavy atom. The van der Waals surface area contributed by atoms with Crippen molar-refractivity contribution in [2.75, 3.05) is 0 Å². The molecule has 5 heteroatoms. The molecule has 0 unspecified atom stereocenters. The zero-order chi connectivity index (χ0) is 14.8. The molecule has 0 amide bonds. The van der Waals surface area contributed by atoms with Gasteiger partial charge in [-0.3, -0.25) is 0 Å². The lowest BCUT2D eigenvalue weighted by molar-refractivity contribution is 0.0697. The Labute approximate surface area is 126 Å².